The summed E-state index contributed by atoms with van der Waals surface area (Å²) >= 11 is 0. The minimum atomic E-state index is -0.332. The number of H-pyrrole nitrogens is 1. The number of anilines is 1. The fourth-order valence-corrected chi connectivity index (χ4v) is 4.21. The lowest BCUT2D eigenvalue weighted by Gasteiger charge is -2.40. The number of hydrogen-bond acceptors (Lipinski definition) is 5. The van der Waals surface area contributed by atoms with Crippen LogP contribution in [0.25, 0.3) is 0 Å². The molecule has 7 nitrogen and oxygen atoms in total. The fourth-order valence-electron chi connectivity index (χ4n) is 4.21. The number of carbonyl (C=O) groups excluding carboxylic acids is 1. The van der Waals surface area contributed by atoms with E-state index in [1.165, 1.54) is 5.56 Å². The van der Waals surface area contributed by atoms with Gasteiger partial charge >= 0.3 is 0 Å². The van der Waals surface area contributed by atoms with E-state index in [9.17, 15) is 9.59 Å². The Hall–Kier alpha value is -2.70. The zero-order valence-electron chi connectivity index (χ0n) is 15.2. The van der Waals surface area contributed by atoms with Crippen LogP contribution in [0.4, 0.5) is 5.95 Å². The number of aromatic nitrogens is 3. The predicted octanol–water partition coefficient (Wildman–Crippen LogP) is 1.35. The van der Waals surface area contributed by atoms with E-state index in [1.807, 2.05) is 30.1 Å². The first-order chi connectivity index (χ1) is 12.5. The Morgan fingerprint density at radius 2 is 2.19 bits per heavy atom. The molecule has 1 fully saturated rings. The maximum atomic E-state index is 12.9. The first-order valence-electron chi connectivity index (χ1n) is 9.01. The molecule has 2 aromatic heterocycles. The molecule has 1 aliphatic carbocycles. The van der Waals surface area contributed by atoms with E-state index < -0.39 is 0 Å². The molecule has 1 spiro atoms. The Kier molecular flexibility index (Phi) is 4.01. The minimum absolute atomic E-state index is 0.127. The Bertz CT molecular complexity index is 903. The molecule has 1 atom stereocenters. The molecule has 4 rings (SSSR count). The van der Waals surface area contributed by atoms with Crippen LogP contribution < -0.4 is 10.5 Å². The smallest absolute Gasteiger partial charge is 0.260 e. The van der Waals surface area contributed by atoms with Crippen LogP contribution in [0.5, 0.6) is 0 Å². The van der Waals surface area contributed by atoms with Crippen LogP contribution in [0.1, 0.15) is 40.9 Å². The molecule has 2 aliphatic rings. The number of aromatic amines is 1. The zero-order valence-corrected chi connectivity index (χ0v) is 15.2. The Labute approximate surface area is 152 Å². The molecule has 1 amide bonds. The highest BCUT2D eigenvalue weighted by molar-refractivity contribution is 5.94. The molecular weight excluding hydrogens is 330 g/mol. The number of piperidine rings is 1. The van der Waals surface area contributed by atoms with Crippen molar-refractivity contribution in [3.05, 3.63) is 51.7 Å². The summed E-state index contributed by atoms with van der Waals surface area (Å²) in [5, 5.41) is 0. The van der Waals surface area contributed by atoms with Crippen molar-refractivity contribution in [2.45, 2.75) is 31.1 Å². The van der Waals surface area contributed by atoms with Crippen molar-refractivity contribution in [1.29, 1.82) is 0 Å². The summed E-state index contributed by atoms with van der Waals surface area (Å²) < 4.78 is 0. The van der Waals surface area contributed by atoms with Crippen LogP contribution in [0.15, 0.2) is 29.3 Å². The highest BCUT2D eigenvalue weighted by Gasteiger charge is 2.45. The summed E-state index contributed by atoms with van der Waals surface area (Å²) in [4.78, 5) is 40.5. The maximum Gasteiger partial charge on any atom is 0.260 e. The molecule has 2 aromatic rings. The predicted molar refractivity (Wildman–Crippen MR) is 98.6 cm³/mol. The van der Waals surface area contributed by atoms with Crippen molar-refractivity contribution in [1.82, 2.24) is 19.9 Å². The summed E-state index contributed by atoms with van der Waals surface area (Å²) in [6.45, 7) is 1.28. The maximum absolute atomic E-state index is 12.9. The van der Waals surface area contributed by atoms with Crippen molar-refractivity contribution in [2.75, 3.05) is 32.1 Å². The summed E-state index contributed by atoms with van der Waals surface area (Å²) in [7, 11) is 3.86. The number of pyridine rings is 1. The number of rotatable bonds is 2. The highest BCUT2D eigenvalue weighted by Crippen LogP contribution is 2.44. The number of amides is 1. The van der Waals surface area contributed by atoms with Gasteiger partial charge in [0.2, 0.25) is 5.95 Å². The van der Waals surface area contributed by atoms with E-state index in [0.717, 1.165) is 31.4 Å². The third-order valence-corrected chi connectivity index (χ3v) is 5.54. The monoisotopic (exact) mass is 353 g/mol. The average Bonchev–Trinajstić information content (AvgIpc) is 2.99. The normalized spacial score (nSPS) is 21.7. The van der Waals surface area contributed by atoms with Crippen molar-refractivity contribution >= 4 is 11.9 Å². The van der Waals surface area contributed by atoms with E-state index in [0.29, 0.717) is 19.0 Å². The van der Waals surface area contributed by atoms with Gasteiger partial charge in [0.15, 0.2) is 0 Å². The summed E-state index contributed by atoms with van der Waals surface area (Å²) in [5.74, 6) is 0.509. The number of hydrogen-bond donors (Lipinski definition) is 1. The van der Waals surface area contributed by atoms with Crippen LogP contribution in [0.2, 0.25) is 0 Å². The second kappa shape index (κ2) is 6.23. The first-order valence-corrected chi connectivity index (χ1v) is 9.01. The molecule has 1 aliphatic heterocycles. The van der Waals surface area contributed by atoms with Gasteiger partial charge in [-0.3, -0.25) is 9.59 Å². The van der Waals surface area contributed by atoms with E-state index in [4.69, 9.17) is 4.98 Å². The number of carbonyl (C=O) groups is 1. The van der Waals surface area contributed by atoms with E-state index >= 15 is 0 Å². The third-order valence-electron chi connectivity index (χ3n) is 5.54. The van der Waals surface area contributed by atoms with Crippen LogP contribution >= 0.6 is 0 Å². The van der Waals surface area contributed by atoms with Gasteiger partial charge in [-0.1, -0.05) is 0 Å². The Morgan fingerprint density at radius 3 is 2.96 bits per heavy atom. The second-order valence-electron chi connectivity index (χ2n) is 7.46. The fraction of sp³-hybridized carbons (Fsp3) is 0.474. The van der Waals surface area contributed by atoms with Crippen LogP contribution in [-0.2, 0) is 11.8 Å². The Balaban J connectivity index is 1.66. The molecule has 26 heavy (non-hydrogen) atoms. The Morgan fingerprint density at radius 1 is 1.35 bits per heavy atom. The molecule has 0 radical (unpaired) electrons. The lowest BCUT2D eigenvalue weighted by molar-refractivity contribution is 0.0631. The largest absolute Gasteiger partial charge is 0.347 e. The topological polar surface area (TPSA) is 82.2 Å². The molecule has 0 bridgehead atoms. The van der Waals surface area contributed by atoms with Crippen molar-refractivity contribution in [2.24, 2.45) is 0 Å². The standard InChI is InChI=1S/C19H23N5O2/c1-23(2)18-21-11-13-6-8-19(15(13)22-18)7-4-10-24(12-19)17(26)14-5-3-9-20-16(14)25/h3,5,9,11H,4,6-8,10,12H2,1-2H3,(H,20,25). The molecule has 0 saturated carbocycles. The van der Waals surface area contributed by atoms with Crippen molar-refractivity contribution in [3.8, 4) is 0 Å². The first kappa shape index (κ1) is 16.8. The number of fused-ring (bicyclic) bond motifs is 2. The average molecular weight is 353 g/mol. The molecule has 136 valence electrons. The van der Waals surface area contributed by atoms with Crippen molar-refractivity contribution < 1.29 is 4.79 Å². The quantitative estimate of drug-likeness (QED) is 0.881. The van der Waals surface area contributed by atoms with Gasteiger partial charge in [0.1, 0.15) is 5.56 Å². The minimum Gasteiger partial charge on any atom is -0.347 e. The second-order valence-corrected chi connectivity index (χ2v) is 7.46. The van der Waals surface area contributed by atoms with Gasteiger partial charge in [-0.05, 0) is 43.4 Å². The van der Waals surface area contributed by atoms with Crippen LogP contribution in [0.3, 0.4) is 0 Å². The lowest BCUT2D eigenvalue weighted by atomic mass is 9.77. The van der Waals surface area contributed by atoms with Crippen LogP contribution in [-0.4, -0.2) is 52.9 Å². The SMILES string of the molecule is CN(C)c1ncc2c(n1)C1(CCCN(C(=O)c3ccc[nH]c3=O)C1)CC2. The molecule has 1 saturated heterocycles. The summed E-state index contributed by atoms with van der Waals surface area (Å²) in [6.07, 6.45) is 7.31. The molecular formula is C19H23N5O2. The molecule has 3 heterocycles. The lowest BCUT2D eigenvalue weighted by Crippen LogP contribution is -2.48. The van der Waals surface area contributed by atoms with Gasteiger partial charge < -0.3 is 14.8 Å². The van der Waals surface area contributed by atoms with E-state index in [1.54, 1.807) is 18.3 Å². The molecule has 7 heteroatoms. The number of likely N-dealkylation sites (tertiary alicyclic amines) is 1. The van der Waals surface area contributed by atoms with Gasteiger partial charge in [0.25, 0.3) is 11.5 Å². The zero-order chi connectivity index (χ0) is 18.3. The van der Waals surface area contributed by atoms with Gasteiger partial charge in [-0.2, -0.15) is 0 Å². The number of nitrogens with one attached hydrogen (secondary N) is 1. The molecule has 0 aromatic carbocycles. The van der Waals surface area contributed by atoms with Gasteiger partial charge in [0.05, 0.1) is 5.69 Å². The van der Waals surface area contributed by atoms with Crippen molar-refractivity contribution in [3.63, 3.8) is 0 Å². The van der Waals surface area contributed by atoms with Gasteiger partial charge in [0, 0.05) is 45.0 Å². The highest BCUT2D eigenvalue weighted by atomic mass is 16.2. The number of aryl methyl sites for hydroxylation is 1. The number of nitrogens with zero attached hydrogens (tertiary/aromatic N) is 4. The molecule has 1 unspecified atom stereocenters. The summed E-state index contributed by atoms with van der Waals surface area (Å²) in [5.41, 5.74) is 2.01. The van der Waals surface area contributed by atoms with Gasteiger partial charge in [-0.25, -0.2) is 9.97 Å². The van der Waals surface area contributed by atoms with Gasteiger partial charge in [-0.15, -0.1) is 0 Å². The summed E-state index contributed by atoms with van der Waals surface area (Å²) in [6, 6.07) is 3.28. The third kappa shape index (κ3) is 2.67. The van der Waals surface area contributed by atoms with E-state index in [-0.39, 0.29) is 22.4 Å². The van der Waals surface area contributed by atoms with Crippen LogP contribution in [0, 0.1) is 0 Å². The van der Waals surface area contributed by atoms with E-state index in [2.05, 4.69) is 9.97 Å². The molecule has 1 N–H and O–H groups in total.